The lowest BCUT2D eigenvalue weighted by Gasteiger charge is -2.23. The van der Waals surface area contributed by atoms with Gasteiger partial charge in [0.2, 0.25) is 0 Å². The molecule has 0 bridgehead atoms. The molecule has 2 aromatic heterocycles. The molecule has 1 aliphatic carbocycles. The van der Waals surface area contributed by atoms with E-state index < -0.39 is 0 Å². The van der Waals surface area contributed by atoms with Gasteiger partial charge in [-0.15, -0.1) is 0 Å². The maximum Gasteiger partial charge on any atom is 0.290 e. The molecule has 106 valence electrons. The number of rotatable bonds is 3. The van der Waals surface area contributed by atoms with Crippen molar-refractivity contribution in [2.45, 2.75) is 32.2 Å². The third-order valence-electron chi connectivity index (χ3n) is 4.16. The summed E-state index contributed by atoms with van der Waals surface area (Å²) in [6.07, 6.45) is 8.54. The van der Waals surface area contributed by atoms with Crippen LogP contribution in [0, 0.1) is 0 Å². The second-order valence-corrected chi connectivity index (χ2v) is 5.46. The quantitative estimate of drug-likeness (QED) is 0.862. The fraction of sp³-hybridized carbons (Fsp3) is 0.467. The van der Waals surface area contributed by atoms with Gasteiger partial charge in [-0.3, -0.25) is 9.48 Å². The first kappa shape index (κ1) is 13.0. The van der Waals surface area contributed by atoms with Crippen LogP contribution in [0.3, 0.4) is 0 Å². The van der Waals surface area contributed by atoms with Crippen molar-refractivity contribution in [1.29, 1.82) is 0 Å². The Morgan fingerprint density at radius 2 is 2.30 bits per heavy atom. The largest absolute Gasteiger partial charge is 0.459 e. The van der Waals surface area contributed by atoms with E-state index in [2.05, 4.69) is 5.10 Å². The first-order valence-electron chi connectivity index (χ1n) is 6.93. The molecule has 2 aromatic rings. The molecule has 1 amide bonds. The van der Waals surface area contributed by atoms with E-state index in [0.29, 0.717) is 5.76 Å². The number of aryl methyl sites for hydroxylation is 2. The molecule has 0 fully saturated rings. The van der Waals surface area contributed by atoms with Crippen molar-refractivity contribution in [3.8, 4) is 0 Å². The van der Waals surface area contributed by atoms with Gasteiger partial charge in [-0.25, -0.2) is 0 Å². The molecule has 0 radical (unpaired) electrons. The molecule has 20 heavy (non-hydrogen) atoms. The van der Waals surface area contributed by atoms with Crippen molar-refractivity contribution in [2.24, 2.45) is 7.05 Å². The Morgan fingerprint density at radius 1 is 1.50 bits per heavy atom. The maximum atomic E-state index is 12.6. The first-order chi connectivity index (χ1) is 9.58. The van der Waals surface area contributed by atoms with Crippen molar-refractivity contribution >= 4 is 5.91 Å². The summed E-state index contributed by atoms with van der Waals surface area (Å²) in [4.78, 5) is 14.3. The Hall–Kier alpha value is -2.04. The SMILES string of the molecule is C[C@@H](c1cnn(C)c1)N(C)C(=O)c1occ2c1CCC2. The van der Waals surface area contributed by atoms with Crippen molar-refractivity contribution in [1.82, 2.24) is 14.7 Å². The van der Waals surface area contributed by atoms with Gasteiger partial charge < -0.3 is 9.32 Å². The number of furan rings is 1. The van der Waals surface area contributed by atoms with Crippen LogP contribution < -0.4 is 0 Å². The molecule has 1 atom stereocenters. The number of nitrogens with zero attached hydrogens (tertiary/aromatic N) is 3. The second kappa shape index (κ2) is 4.81. The summed E-state index contributed by atoms with van der Waals surface area (Å²) in [5.74, 6) is 0.459. The van der Waals surface area contributed by atoms with E-state index in [1.165, 1.54) is 5.56 Å². The Morgan fingerprint density at radius 3 is 3.00 bits per heavy atom. The fourth-order valence-corrected chi connectivity index (χ4v) is 2.75. The average molecular weight is 273 g/mol. The summed E-state index contributed by atoms with van der Waals surface area (Å²) in [7, 11) is 3.68. The minimum atomic E-state index is -0.0514. The molecule has 0 saturated carbocycles. The monoisotopic (exact) mass is 273 g/mol. The predicted octanol–water partition coefficient (Wildman–Crippen LogP) is 2.33. The first-order valence-corrected chi connectivity index (χ1v) is 6.93. The third kappa shape index (κ3) is 2.03. The molecule has 0 saturated heterocycles. The normalized spacial score (nSPS) is 15.2. The van der Waals surface area contributed by atoms with Gasteiger partial charge in [0.1, 0.15) is 0 Å². The van der Waals surface area contributed by atoms with Crippen molar-refractivity contribution in [2.75, 3.05) is 7.05 Å². The smallest absolute Gasteiger partial charge is 0.290 e. The molecule has 1 aliphatic rings. The molecular formula is C15H19N3O2. The molecule has 0 aliphatic heterocycles. The van der Waals surface area contributed by atoms with Gasteiger partial charge >= 0.3 is 0 Å². The molecule has 0 spiro atoms. The third-order valence-corrected chi connectivity index (χ3v) is 4.16. The molecule has 2 heterocycles. The average Bonchev–Trinajstić information content (AvgIpc) is 3.11. The highest BCUT2D eigenvalue weighted by molar-refractivity contribution is 5.93. The second-order valence-electron chi connectivity index (χ2n) is 5.46. The van der Waals surface area contributed by atoms with Crippen LogP contribution in [-0.2, 0) is 19.9 Å². The molecule has 5 heteroatoms. The summed E-state index contributed by atoms with van der Waals surface area (Å²) in [6.45, 7) is 2.00. The van der Waals surface area contributed by atoms with Crippen LogP contribution in [0.25, 0.3) is 0 Å². The number of fused-ring (bicyclic) bond motifs is 1. The molecule has 3 rings (SSSR count). The maximum absolute atomic E-state index is 12.6. The Balaban J connectivity index is 1.83. The van der Waals surface area contributed by atoms with Crippen LogP contribution in [0.4, 0.5) is 0 Å². The molecule has 0 aromatic carbocycles. The topological polar surface area (TPSA) is 51.3 Å². The van der Waals surface area contributed by atoms with Crippen LogP contribution in [0.15, 0.2) is 23.1 Å². The lowest BCUT2D eigenvalue weighted by molar-refractivity contribution is 0.0709. The zero-order valence-electron chi connectivity index (χ0n) is 12.1. The fourth-order valence-electron chi connectivity index (χ4n) is 2.75. The van der Waals surface area contributed by atoms with E-state index in [1.54, 1.807) is 22.0 Å². The number of hydrogen-bond donors (Lipinski definition) is 0. The van der Waals surface area contributed by atoms with Crippen molar-refractivity contribution in [3.05, 3.63) is 41.1 Å². The van der Waals surface area contributed by atoms with E-state index in [1.807, 2.05) is 27.2 Å². The summed E-state index contributed by atoms with van der Waals surface area (Å²) in [5.41, 5.74) is 3.31. The summed E-state index contributed by atoms with van der Waals surface area (Å²) in [5, 5.41) is 4.16. The predicted molar refractivity (Wildman–Crippen MR) is 74.4 cm³/mol. The minimum absolute atomic E-state index is 0.0293. The van der Waals surface area contributed by atoms with Crippen LogP contribution in [0.1, 0.15) is 46.6 Å². The van der Waals surface area contributed by atoms with E-state index in [-0.39, 0.29) is 11.9 Å². The van der Waals surface area contributed by atoms with Crippen LogP contribution in [-0.4, -0.2) is 27.6 Å². The van der Waals surface area contributed by atoms with E-state index in [9.17, 15) is 4.79 Å². The van der Waals surface area contributed by atoms with Crippen LogP contribution in [0.5, 0.6) is 0 Å². The van der Waals surface area contributed by atoms with Gasteiger partial charge in [-0.2, -0.15) is 5.10 Å². The summed E-state index contributed by atoms with van der Waals surface area (Å²) < 4.78 is 7.24. The molecule has 0 N–H and O–H groups in total. The van der Waals surface area contributed by atoms with Gasteiger partial charge in [0, 0.05) is 31.4 Å². The molecule has 5 nitrogen and oxygen atoms in total. The number of aromatic nitrogens is 2. The minimum Gasteiger partial charge on any atom is -0.459 e. The molecule has 0 unspecified atom stereocenters. The van der Waals surface area contributed by atoms with Crippen LogP contribution >= 0.6 is 0 Å². The number of amides is 1. The highest BCUT2D eigenvalue weighted by Gasteiger charge is 2.28. The van der Waals surface area contributed by atoms with Gasteiger partial charge in [-0.05, 0) is 31.7 Å². The Bertz CT molecular complexity index is 641. The molecular weight excluding hydrogens is 254 g/mol. The van der Waals surface area contributed by atoms with Gasteiger partial charge in [0.05, 0.1) is 18.5 Å². The number of carbonyl (C=O) groups excluding carboxylic acids is 1. The van der Waals surface area contributed by atoms with E-state index in [0.717, 1.165) is 30.4 Å². The van der Waals surface area contributed by atoms with Crippen LogP contribution in [0.2, 0.25) is 0 Å². The summed E-state index contributed by atoms with van der Waals surface area (Å²) in [6, 6.07) is -0.0293. The lowest BCUT2D eigenvalue weighted by atomic mass is 10.1. The Kier molecular flexibility index (Phi) is 3.12. The highest BCUT2D eigenvalue weighted by atomic mass is 16.3. The zero-order chi connectivity index (χ0) is 14.3. The number of carbonyl (C=O) groups is 1. The van der Waals surface area contributed by atoms with Gasteiger partial charge in [0.15, 0.2) is 5.76 Å². The highest BCUT2D eigenvalue weighted by Crippen LogP contribution is 2.29. The van der Waals surface area contributed by atoms with Crippen molar-refractivity contribution < 1.29 is 9.21 Å². The van der Waals surface area contributed by atoms with Gasteiger partial charge in [0.25, 0.3) is 5.91 Å². The zero-order valence-corrected chi connectivity index (χ0v) is 12.1. The Labute approximate surface area is 118 Å². The standard InChI is InChI=1S/C15H19N3O2/c1-10(12-7-16-17(2)8-12)18(3)15(19)14-13-6-4-5-11(13)9-20-14/h7-10H,4-6H2,1-3H3/t10-/m0/s1. The number of hydrogen-bond acceptors (Lipinski definition) is 3. The van der Waals surface area contributed by atoms with E-state index >= 15 is 0 Å². The van der Waals surface area contributed by atoms with E-state index in [4.69, 9.17) is 4.42 Å². The lowest BCUT2D eigenvalue weighted by Crippen LogP contribution is -2.29. The van der Waals surface area contributed by atoms with Crippen molar-refractivity contribution in [3.63, 3.8) is 0 Å². The van der Waals surface area contributed by atoms with Gasteiger partial charge in [-0.1, -0.05) is 0 Å². The summed E-state index contributed by atoms with van der Waals surface area (Å²) >= 11 is 0.